The van der Waals surface area contributed by atoms with Gasteiger partial charge in [0.05, 0.1) is 5.56 Å². The first kappa shape index (κ1) is 13.4. The van der Waals surface area contributed by atoms with Crippen LogP contribution in [0.2, 0.25) is 0 Å². The van der Waals surface area contributed by atoms with Gasteiger partial charge >= 0.3 is 0 Å². The van der Waals surface area contributed by atoms with Crippen molar-refractivity contribution < 1.29 is 5.11 Å². The molecule has 0 radical (unpaired) electrons. The summed E-state index contributed by atoms with van der Waals surface area (Å²) < 4.78 is 1.66. The van der Waals surface area contributed by atoms with E-state index in [1.165, 1.54) is 0 Å². The van der Waals surface area contributed by atoms with Crippen molar-refractivity contribution in [2.45, 2.75) is 34.2 Å². The minimum absolute atomic E-state index is 0.0188. The molecule has 0 aliphatic rings. The third-order valence-corrected chi connectivity index (χ3v) is 3.16. The van der Waals surface area contributed by atoms with Gasteiger partial charge in [0.2, 0.25) is 5.88 Å². The Balaban J connectivity index is 2.38. The number of allylic oxidation sites excluding steroid dienone is 1. The summed E-state index contributed by atoms with van der Waals surface area (Å²) in [7, 11) is 0. The van der Waals surface area contributed by atoms with E-state index in [1.807, 2.05) is 19.9 Å². The number of hydrogen-bond donors (Lipinski definition) is 2. The van der Waals surface area contributed by atoms with Gasteiger partial charge in [0, 0.05) is 23.6 Å². The molecular formula is C14H20N4O. The highest BCUT2D eigenvalue weighted by molar-refractivity contribution is 5.53. The van der Waals surface area contributed by atoms with E-state index in [4.69, 9.17) is 0 Å². The van der Waals surface area contributed by atoms with Gasteiger partial charge in [-0.2, -0.15) is 0 Å². The lowest BCUT2D eigenvalue weighted by Gasteiger charge is -2.11. The number of hydrogen-bond acceptors (Lipinski definition) is 4. The number of aromatic nitrogens is 3. The molecule has 0 bridgehead atoms. The Morgan fingerprint density at radius 1 is 1.47 bits per heavy atom. The predicted octanol–water partition coefficient (Wildman–Crippen LogP) is 2.31. The van der Waals surface area contributed by atoms with E-state index in [9.17, 15) is 5.11 Å². The van der Waals surface area contributed by atoms with Crippen LogP contribution in [0.4, 0.5) is 0 Å². The van der Waals surface area contributed by atoms with Gasteiger partial charge in [-0.3, -0.25) is 0 Å². The van der Waals surface area contributed by atoms with Crippen molar-refractivity contribution in [3.63, 3.8) is 0 Å². The highest BCUT2D eigenvalue weighted by Crippen LogP contribution is 2.22. The summed E-state index contributed by atoms with van der Waals surface area (Å²) in [5, 5.41) is 17.3. The fourth-order valence-corrected chi connectivity index (χ4v) is 1.92. The van der Waals surface area contributed by atoms with Crippen LogP contribution in [0.25, 0.3) is 5.65 Å². The van der Waals surface area contributed by atoms with Crippen molar-refractivity contribution >= 4 is 5.65 Å². The number of rotatable bonds is 4. The fourth-order valence-electron chi connectivity index (χ4n) is 1.92. The Labute approximate surface area is 113 Å². The van der Waals surface area contributed by atoms with E-state index < -0.39 is 0 Å². The van der Waals surface area contributed by atoms with Gasteiger partial charge in [-0.1, -0.05) is 20.4 Å². The minimum atomic E-state index is 0.0188. The van der Waals surface area contributed by atoms with E-state index in [0.717, 1.165) is 17.1 Å². The van der Waals surface area contributed by atoms with Crippen molar-refractivity contribution in [1.29, 1.82) is 0 Å². The normalized spacial score (nSPS) is 11.2. The van der Waals surface area contributed by atoms with Gasteiger partial charge in [0.25, 0.3) is 0 Å². The number of aromatic hydroxyl groups is 1. The first-order chi connectivity index (χ1) is 8.90. The average molecular weight is 260 g/mol. The molecule has 102 valence electrons. The SMILES string of the molecule is C=C(NCc1c(O)nn2c(C)cc(C)nc12)C(C)C. The molecule has 0 atom stereocenters. The molecule has 0 amide bonds. The van der Waals surface area contributed by atoms with Crippen molar-refractivity contribution in [3.05, 3.63) is 35.3 Å². The summed E-state index contributed by atoms with van der Waals surface area (Å²) in [6.07, 6.45) is 0. The third kappa shape index (κ3) is 2.54. The Hall–Kier alpha value is -2.04. The number of nitrogens with zero attached hydrogens (tertiary/aromatic N) is 3. The van der Waals surface area contributed by atoms with E-state index in [0.29, 0.717) is 23.7 Å². The number of nitrogens with one attached hydrogen (secondary N) is 1. The Kier molecular flexibility index (Phi) is 3.46. The van der Waals surface area contributed by atoms with Crippen LogP contribution in [0, 0.1) is 19.8 Å². The first-order valence-electron chi connectivity index (χ1n) is 6.37. The number of fused-ring (bicyclic) bond motifs is 1. The van der Waals surface area contributed by atoms with Crippen molar-refractivity contribution in [2.75, 3.05) is 0 Å². The third-order valence-electron chi connectivity index (χ3n) is 3.16. The Morgan fingerprint density at radius 2 is 2.16 bits per heavy atom. The fraction of sp³-hybridized carbons (Fsp3) is 0.429. The Morgan fingerprint density at radius 3 is 2.79 bits per heavy atom. The highest BCUT2D eigenvalue weighted by atomic mass is 16.3. The van der Waals surface area contributed by atoms with Crippen molar-refractivity contribution in [1.82, 2.24) is 19.9 Å². The second-order valence-electron chi connectivity index (χ2n) is 5.11. The smallest absolute Gasteiger partial charge is 0.238 e. The van der Waals surface area contributed by atoms with Gasteiger partial charge < -0.3 is 10.4 Å². The second-order valence-corrected chi connectivity index (χ2v) is 5.11. The minimum Gasteiger partial charge on any atom is -0.492 e. The molecule has 0 aromatic carbocycles. The summed E-state index contributed by atoms with van der Waals surface area (Å²) in [6, 6.07) is 1.93. The molecule has 0 saturated heterocycles. The van der Waals surface area contributed by atoms with E-state index in [2.05, 4.69) is 35.8 Å². The van der Waals surface area contributed by atoms with E-state index in [1.54, 1.807) is 4.52 Å². The maximum Gasteiger partial charge on any atom is 0.238 e. The molecule has 0 aliphatic carbocycles. The molecule has 5 heteroatoms. The van der Waals surface area contributed by atoms with Gasteiger partial charge in [-0.25, -0.2) is 9.50 Å². The first-order valence-corrected chi connectivity index (χ1v) is 6.37. The second kappa shape index (κ2) is 4.91. The lowest BCUT2D eigenvalue weighted by Crippen LogP contribution is -2.16. The van der Waals surface area contributed by atoms with Gasteiger partial charge in [0.15, 0.2) is 5.65 Å². The lowest BCUT2D eigenvalue weighted by atomic mass is 10.1. The van der Waals surface area contributed by atoms with Crippen LogP contribution in [0.3, 0.4) is 0 Å². The summed E-state index contributed by atoms with van der Waals surface area (Å²) in [4.78, 5) is 4.45. The standard InChI is InChI=1S/C14H20N4O/c1-8(2)11(5)15-7-12-13-16-9(3)6-10(4)18(13)17-14(12)19/h6,8,15H,5,7H2,1-4H3,(H,17,19). The Bertz CT molecular complexity index is 628. The van der Waals surface area contributed by atoms with E-state index >= 15 is 0 Å². The molecule has 19 heavy (non-hydrogen) atoms. The van der Waals surface area contributed by atoms with Gasteiger partial charge in [0.1, 0.15) is 0 Å². The average Bonchev–Trinajstić information content (AvgIpc) is 2.63. The topological polar surface area (TPSA) is 62.5 Å². The zero-order valence-electron chi connectivity index (χ0n) is 11.9. The summed E-state index contributed by atoms with van der Waals surface area (Å²) in [5.74, 6) is 0.366. The van der Waals surface area contributed by atoms with Crippen LogP contribution in [-0.4, -0.2) is 19.7 Å². The lowest BCUT2D eigenvalue weighted by molar-refractivity contribution is 0.441. The van der Waals surface area contributed by atoms with Crippen LogP contribution in [0.1, 0.15) is 30.8 Å². The quantitative estimate of drug-likeness (QED) is 0.885. The maximum atomic E-state index is 9.96. The molecule has 0 aliphatic heterocycles. The summed E-state index contributed by atoms with van der Waals surface area (Å²) in [6.45, 7) is 12.4. The maximum absolute atomic E-state index is 9.96. The largest absolute Gasteiger partial charge is 0.492 e. The highest BCUT2D eigenvalue weighted by Gasteiger charge is 2.15. The molecule has 2 heterocycles. The van der Waals surface area contributed by atoms with Gasteiger partial charge in [-0.05, 0) is 25.8 Å². The van der Waals surface area contributed by atoms with Crippen LogP contribution >= 0.6 is 0 Å². The zero-order valence-corrected chi connectivity index (χ0v) is 11.9. The zero-order chi connectivity index (χ0) is 14.2. The molecule has 0 fully saturated rings. The van der Waals surface area contributed by atoms with Crippen LogP contribution in [0.5, 0.6) is 5.88 Å². The predicted molar refractivity (Wildman–Crippen MR) is 74.9 cm³/mol. The molecular weight excluding hydrogens is 240 g/mol. The molecule has 2 aromatic heterocycles. The summed E-state index contributed by atoms with van der Waals surface area (Å²) >= 11 is 0. The van der Waals surface area contributed by atoms with Crippen molar-refractivity contribution in [3.8, 4) is 5.88 Å². The van der Waals surface area contributed by atoms with Crippen LogP contribution in [-0.2, 0) is 6.54 Å². The van der Waals surface area contributed by atoms with Crippen LogP contribution < -0.4 is 5.32 Å². The van der Waals surface area contributed by atoms with Crippen molar-refractivity contribution in [2.24, 2.45) is 5.92 Å². The molecule has 2 N–H and O–H groups in total. The number of aryl methyl sites for hydroxylation is 2. The van der Waals surface area contributed by atoms with E-state index in [-0.39, 0.29) is 5.88 Å². The molecule has 5 nitrogen and oxygen atoms in total. The molecule has 2 rings (SSSR count). The molecule has 0 spiro atoms. The monoisotopic (exact) mass is 260 g/mol. The van der Waals surface area contributed by atoms with Gasteiger partial charge in [-0.15, -0.1) is 5.10 Å². The molecule has 0 saturated carbocycles. The summed E-state index contributed by atoms with van der Waals surface area (Å²) in [5.41, 5.74) is 4.19. The molecule has 2 aromatic rings. The molecule has 0 unspecified atom stereocenters. The van der Waals surface area contributed by atoms with Crippen LogP contribution in [0.15, 0.2) is 18.3 Å².